The Labute approximate surface area is 114 Å². The van der Waals surface area contributed by atoms with E-state index in [0.717, 1.165) is 10.6 Å². The van der Waals surface area contributed by atoms with E-state index in [1.165, 1.54) is 11.3 Å². The number of thiazole rings is 1. The summed E-state index contributed by atoms with van der Waals surface area (Å²) in [6.45, 7) is 2.13. The number of fused-ring (bicyclic) bond motifs is 1. The summed E-state index contributed by atoms with van der Waals surface area (Å²) in [4.78, 5) is 17.0. The van der Waals surface area contributed by atoms with Crippen LogP contribution in [0.25, 0.3) is 0 Å². The van der Waals surface area contributed by atoms with Gasteiger partial charge in [-0.25, -0.2) is 4.98 Å². The Morgan fingerprint density at radius 2 is 2.26 bits per heavy atom. The molecule has 0 saturated heterocycles. The quantitative estimate of drug-likeness (QED) is 0.935. The van der Waals surface area contributed by atoms with Crippen molar-refractivity contribution in [2.45, 2.75) is 13.3 Å². The maximum Gasteiger partial charge on any atom is 0.231 e. The van der Waals surface area contributed by atoms with Crippen molar-refractivity contribution >= 4 is 22.9 Å². The number of rotatable bonds is 3. The predicted octanol–water partition coefficient (Wildman–Crippen LogP) is 2.36. The van der Waals surface area contributed by atoms with E-state index in [4.69, 9.17) is 9.47 Å². The molecule has 2 aromatic rings. The van der Waals surface area contributed by atoms with Gasteiger partial charge in [-0.1, -0.05) is 0 Å². The van der Waals surface area contributed by atoms with E-state index in [1.807, 2.05) is 6.92 Å². The number of amides is 1. The molecule has 2 heterocycles. The van der Waals surface area contributed by atoms with Gasteiger partial charge in [-0.05, 0) is 19.1 Å². The third-order valence-corrected chi connectivity index (χ3v) is 3.76. The Bertz CT molecular complexity index is 624. The third kappa shape index (κ3) is 2.53. The lowest BCUT2D eigenvalue weighted by Crippen LogP contribution is -2.14. The van der Waals surface area contributed by atoms with Gasteiger partial charge in [0.1, 0.15) is 0 Å². The molecular weight excluding hydrogens is 264 g/mol. The van der Waals surface area contributed by atoms with Crippen molar-refractivity contribution in [3.63, 3.8) is 0 Å². The standard InChI is InChI=1S/C13H12N2O3S/c1-8-12(19-6-14-8)5-13(16)15-9-2-3-10-11(4-9)18-7-17-10/h2-4,6H,5,7H2,1H3,(H,15,16). The second kappa shape index (κ2) is 4.89. The number of benzene rings is 1. The van der Waals surface area contributed by atoms with Gasteiger partial charge < -0.3 is 14.8 Å². The number of anilines is 1. The van der Waals surface area contributed by atoms with Crippen molar-refractivity contribution in [2.24, 2.45) is 0 Å². The fourth-order valence-corrected chi connectivity index (χ4v) is 2.60. The average Bonchev–Trinajstić information content (AvgIpc) is 2.98. The molecule has 0 saturated carbocycles. The summed E-state index contributed by atoms with van der Waals surface area (Å²) in [5.74, 6) is 1.30. The summed E-state index contributed by atoms with van der Waals surface area (Å²) in [6.07, 6.45) is 0.338. The minimum atomic E-state index is -0.0637. The van der Waals surface area contributed by atoms with E-state index < -0.39 is 0 Å². The van der Waals surface area contributed by atoms with Gasteiger partial charge in [0, 0.05) is 16.6 Å². The van der Waals surface area contributed by atoms with Crippen molar-refractivity contribution in [1.29, 1.82) is 0 Å². The van der Waals surface area contributed by atoms with Crippen LogP contribution in [0.15, 0.2) is 23.7 Å². The van der Waals surface area contributed by atoms with Gasteiger partial charge in [0.15, 0.2) is 11.5 Å². The van der Waals surface area contributed by atoms with Crippen LogP contribution in [-0.4, -0.2) is 17.7 Å². The van der Waals surface area contributed by atoms with E-state index >= 15 is 0 Å². The van der Waals surface area contributed by atoms with Crippen molar-refractivity contribution in [1.82, 2.24) is 4.98 Å². The highest BCUT2D eigenvalue weighted by atomic mass is 32.1. The van der Waals surface area contributed by atoms with Crippen LogP contribution in [0.5, 0.6) is 11.5 Å². The predicted molar refractivity (Wildman–Crippen MR) is 71.7 cm³/mol. The lowest BCUT2D eigenvalue weighted by atomic mass is 10.2. The van der Waals surface area contributed by atoms with Gasteiger partial charge in [0.25, 0.3) is 0 Å². The summed E-state index contributed by atoms with van der Waals surface area (Å²) < 4.78 is 10.5. The molecule has 98 valence electrons. The van der Waals surface area contributed by atoms with Crippen LogP contribution < -0.4 is 14.8 Å². The summed E-state index contributed by atoms with van der Waals surface area (Å²) in [5, 5.41) is 2.84. The number of nitrogens with one attached hydrogen (secondary N) is 1. The highest BCUT2D eigenvalue weighted by Crippen LogP contribution is 2.34. The molecule has 0 radical (unpaired) electrons. The molecule has 0 fully saturated rings. The monoisotopic (exact) mass is 276 g/mol. The van der Waals surface area contributed by atoms with Crippen LogP contribution in [0.4, 0.5) is 5.69 Å². The van der Waals surface area contributed by atoms with Crippen molar-refractivity contribution in [3.05, 3.63) is 34.3 Å². The highest BCUT2D eigenvalue weighted by molar-refractivity contribution is 7.09. The van der Waals surface area contributed by atoms with Gasteiger partial charge in [-0.3, -0.25) is 4.79 Å². The first-order valence-electron chi connectivity index (χ1n) is 5.81. The Morgan fingerprint density at radius 3 is 3.05 bits per heavy atom. The zero-order valence-electron chi connectivity index (χ0n) is 10.3. The number of hydrogen-bond acceptors (Lipinski definition) is 5. The van der Waals surface area contributed by atoms with E-state index in [0.29, 0.717) is 23.6 Å². The molecule has 0 spiro atoms. The van der Waals surface area contributed by atoms with Gasteiger partial charge >= 0.3 is 0 Å². The largest absolute Gasteiger partial charge is 0.454 e. The summed E-state index contributed by atoms with van der Waals surface area (Å²) in [7, 11) is 0. The second-order valence-corrected chi connectivity index (χ2v) is 5.09. The lowest BCUT2D eigenvalue weighted by molar-refractivity contribution is -0.115. The maximum atomic E-state index is 11.9. The van der Waals surface area contributed by atoms with Crippen molar-refractivity contribution < 1.29 is 14.3 Å². The van der Waals surface area contributed by atoms with E-state index in [9.17, 15) is 4.79 Å². The van der Waals surface area contributed by atoms with Crippen LogP contribution in [-0.2, 0) is 11.2 Å². The molecular formula is C13H12N2O3S. The van der Waals surface area contributed by atoms with Gasteiger partial charge in [0.05, 0.1) is 17.6 Å². The third-order valence-electron chi connectivity index (χ3n) is 2.82. The Balaban J connectivity index is 1.68. The maximum absolute atomic E-state index is 11.9. The fourth-order valence-electron chi connectivity index (χ4n) is 1.82. The first-order chi connectivity index (χ1) is 9.22. The molecule has 0 atom stereocenters. The van der Waals surface area contributed by atoms with Gasteiger partial charge in [-0.2, -0.15) is 0 Å². The molecule has 0 unspecified atom stereocenters. The Hall–Kier alpha value is -2.08. The molecule has 5 nitrogen and oxygen atoms in total. The highest BCUT2D eigenvalue weighted by Gasteiger charge is 2.14. The van der Waals surface area contributed by atoms with Crippen LogP contribution in [0.1, 0.15) is 10.6 Å². The number of aryl methyl sites for hydroxylation is 1. The number of carbonyl (C=O) groups is 1. The van der Waals surface area contributed by atoms with E-state index in [-0.39, 0.29) is 12.7 Å². The Morgan fingerprint density at radius 1 is 1.42 bits per heavy atom. The lowest BCUT2D eigenvalue weighted by Gasteiger charge is -2.05. The summed E-state index contributed by atoms with van der Waals surface area (Å²) >= 11 is 1.49. The zero-order valence-corrected chi connectivity index (χ0v) is 11.1. The van der Waals surface area contributed by atoms with E-state index in [1.54, 1.807) is 23.7 Å². The first-order valence-corrected chi connectivity index (χ1v) is 6.69. The summed E-state index contributed by atoms with van der Waals surface area (Å²) in [6, 6.07) is 5.35. The average molecular weight is 276 g/mol. The first kappa shape index (κ1) is 12.0. The molecule has 6 heteroatoms. The van der Waals surface area contributed by atoms with Crippen LogP contribution in [0, 0.1) is 6.92 Å². The molecule has 1 N–H and O–H groups in total. The zero-order chi connectivity index (χ0) is 13.2. The van der Waals surface area contributed by atoms with Crippen LogP contribution in [0.3, 0.4) is 0 Å². The molecule has 19 heavy (non-hydrogen) atoms. The van der Waals surface area contributed by atoms with Crippen LogP contribution >= 0.6 is 11.3 Å². The molecule has 1 aliphatic rings. The van der Waals surface area contributed by atoms with E-state index in [2.05, 4.69) is 10.3 Å². The molecule has 0 aliphatic carbocycles. The SMILES string of the molecule is Cc1ncsc1CC(=O)Nc1ccc2c(c1)OCO2. The minimum absolute atomic E-state index is 0.0637. The number of carbonyl (C=O) groups excluding carboxylic acids is 1. The van der Waals surface area contributed by atoms with Crippen LogP contribution in [0.2, 0.25) is 0 Å². The molecule has 1 amide bonds. The topological polar surface area (TPSA) is 60.5 Å². The number of aromatic nitrogens is 1. The molecule has 1 aromatic heterocycles. The van der Waals surface area contributed by atoms with Gasteiger partial charge in [0.2, 0.25) is 12.7 Å². The fraction of sp³-hybridized carbons (Fsp3) is 0.231. The molecule has 3 rings (SSSR count). The minimum Gasteiger partial charge on any atom is -0.454 e. The smallest absolute Gasteiger partial charge is 0.231 e. The molecule has 0 bridgehead atoms. The van der Waals surface area contributed by atoms with Gasteiger partial charge in [-0.15, -0.1) is 11.3 Å². The normalized spacial score (nSPS) is 12.5. The molecule has 1 aromatic carbocycles. The number of ether oxygens (including phenoxy) is 2. The summed E-state index contributed by atoms with van der Waals surface area (Å²) in [5.41, 5.74) is 3.36. The second-order valence-electron chi connectivity index (χ2n) is 4.15. The number of nitrogens with zero attached hydrogens (tertiary/aromatic N) is 1. The number of hydrogen-bond donors (Lipinski definition) is 1. The van der Waals surface area contributed by atoms with Crippen molar-refractivity contribution in [2.75, 3.05) is 12.1 Å². The Kier molecular flexibility index (Phi) is 3.08. The molecule has 1 aliphatic heterocycles. The van der Waals surface area contributed by atoms with Crippen molar-refractivity contribution in [3.8, 4) is 11.5 Å².